The van der Waals surface area contributed by atoms with Crippen LogP contribution in [0.4, 0.5) is 26.3 Å². The second-order valence-electron chi connectivity index (χ2n) is 4.33. The zero-order valence-electron chi connectivity index (χ0n) is 10.7. The molecule has 0 amide bonds. The molecule has 0 aliphatic heterocycles. The lowest BCUT2D eigenvalue weighted by Crippen LogP contribution is -2.18. The molecule has 1 aromatic rings. The minimum absolute atomic E-state index is 0.145. The molecule has 0 saturated carbocycles. The Labute approximate surface area is 116 Å². The van der Waals surface area contributed by atoms with E-state index in [4.69, 9.17) is 0 Å². The van der Waals surface area contributed by atoms with E-state index in [2.05, 4.69) is 4.74 Å². The van der Waals surface area contributed by atoms with Crippen molar-refractivity contribution in [3.63, 3.8) is 0 Å². The molecule has 0 aliphatic carbocycles. The number of alkyl halides is 6. The van der Waals surface area contributed by atoms with Crippen LogP contribution in [0.1, 0.15) is 17.5 Å². The van der Waals surface area contributed by atoms with Crippen molar-refractivity contribution in [2.45, 2.75) is 25.2 Å². The summed E-state index contributed by atoms with van der Waals surface area (Å²) in [5.41, 5.74) is -0.462. The molecule has 0 aliphatic rings. The lowest BCUT2D eigenvalue weighted by Gasteiger charge is -2.08. The first-order chi connectivity index (χ1) is 9.58. The Morgan fingerprint density at radius 2 is 1.57 bits per heavy atom. The van der Waals surface area contributed by atoms with E-state index in [0.29, 0.717) is 5.56 Å². The first kappa shape index (κ1) is 17.5. The Morgan fingerprint density at radius 1 is 1.00 bits per heavy atom. The van der Waals surface area contributed by atoms with E-state index in [1.165, 1.54) is 0 Å². The van der Waals surface area contributed by atoms with Gasteiger partial charge in [0.1, 0.15) is 12.4 Å². The Balaban J connectivity index is 2.38. The van der Waals surface area contributed by atoms with Crippen molar-refractivity contribution in [1.29, 1.82) is 0 Å². The number of benzene rings is 1. The van der Waals surface area contributed by atoms with Crippen LogP contribution in [0, 0.1) is 0 Å². The van der Waals surface area contributed by atoms with Crippen LogP contribution in [0.2, 0.25) is 0 Å². The Morgan fingerprint density at radius 3 is 2.05 bits per heavy atom. The van der Waals surface area contributed by atoms with Crippen LogP contribution in [0.15, 0.2) is 24.3 Å². The minimum atomic E-state index is -4.45. The van der Waals surface area contributed by atoms with E-state index < -0.39 is 30.3 Å². The van der Waals surface area contributed by atoms with Gasteiger partial charge in [0.05, 0.1) is 12.2 Å². The fraction of sp³-hybridized carbons (Fsp3) is 0.462. The van der Waals surface area contributed by atoms with Gasteiger partial charge in [-0.2, -0.15) is 26.3 Å². The van der Waals surface area contributed by atoms with Gasteiger partial charge in [-0.1, -0.05) is 12.1 Å². The monoisotopic (exact) mass is 314 g/mol. The maximum atomic E-state index is 12.3. The molecule has 0 atom stereocenters. The second-order valence-corrected chi connectivity index (χ2v) is 4.33. The highest BCUT2D eigenvalue weighted by Gasteiger charge is 2.30. The number of hydrogen-bond donors (Lipinski definition) is 0. The molecule has 0 N–H and O–H groups in total. The quantitative estimate of drug-likeness (QED) is 0.590. The van der Waals surface area contributed by atoms with Gasteiger partial charge in [-0.3, -0.25) is 4.79 Å². The van der Waals surface area contributed by atoms with E-state index in [0.717, 1.165) is 24.3 Å². The molecular weight excluding hydrogens is 302 g/mol. The number of ether oxygens (including phenoxy) is 1. The van der Waals surface area contributed by atoms with Gasteiger partial charge in [0.2, 0.25) is 0 Å². The largest absolute Gasteiger partial charge is 0.416 e. The summed E-state index contributed by atoms with van der Waals surface area (Å²) in [7, 11) is 0. The van der Waals surface area contributed by atoms with Crippen molar-refractivity contribution in [3.05, 3.63) is 35.4 Å². The number of carbonyl (C=O) groups excluding carboxylic acids is 1. The number of ketones is 1. The molecule has 1 rings (SSSR count). The van der Waals surface area contributed by atoms with E-state index in [1.54, 1.807) is 0 Å². The first-order valence-corrected chi connectivity index (χ1v) is 5.90. The third-order valence-electron chi connectivity index (χ3n) is 2.47. The standard InChI is InChI=1S/C13H12F6O2/c14-12(15,16)8-21-6-5-11(20)7-9-1-3-10(4-2-9)13(17,18)19/h1-4H,5-8H2. The van der Waals surface area contributed by atoms with Crippen LogP contribution in [0.25, 0.3) is 0 Å². The summed E-state index contributed by atoms with van der Waals surface area (Å²) in [5.74, 6) is -0.406. The molecular formula is C13H12F6O2. The highest BCUT2D eigenvalue weighted by molar-refractivity contribution is 5.80. The van der Waals surface area contributed by atoms with Gasteiger partial charge in [0, 0.05) is 12.8 Å². The highest BCUT2D eigenvalue weighted by Crippen LogP contribution is 2.29. The lowest BCUT2D eigenvalue weighted by molar-refractivity contribution is -0.174. The summed E-state index contributed by atoms with van der Waals surface area (Å²) in [6.45, 7) is -1.81. The fourth-order valence-corrected chi connectivity index (χ4v) is 1.50. The van der Waals surface area contributed by atoms with Crippen LogP contribution in [0.3, 0.4) is 0 Å². The van der Waals surface area contributed by atoms with Gasteiger partial charge >= 0.3 is 12.4 Å². The van der Waals surface area contributed by atoms with Crippen LogP contribution in [-0.2, 0) is 22.1 Å². The summed E-state index contributed by atoms with van der Waals surface area (Å²) in [4.78, 5) is 11.4. The average Bonchev–Trinajstić information content (AvgIpc) is 2.33. The lowest BCUT2D eigenvalue weighted by atomic mass is 10.1. The zero-order chi connectivity index (χ0) is 16.1. The third-order valence-corrected chi connectivity index (χ3v) is 2.47. The minimum Gasteiger partial charge on any atom is -0.372 e. The van der Waals surface area contributed by atoms with Crippen molar-refractivity contribution in [3.8, 4) is 0 Å². The van der Waals surface area contributed by atoms with Crippen molar-refractivity contribution in [2.75, 3.05) is 13.2 Å². The molecule has 0 fully saturated rings. The predicted octanol–water partition coefficient (Wildman–Crippen LogP) is 3.79. The van der Waals surface area contributed by atoms with Crippen LogP contribution in [0.5, 0.6) is 0 Å². The number of rotatable bonds is 6. The second kappa shape index (κ2) is 6.93. The van der Waals surface area contributed by atoms with Gasteiger partial charge < -0.3 is 4.74 Å². The smallest absolute Gasteiger partial charge is 0.372 e. The summed E-state index contributed by atoms with van der Waals surface area (Å²) in [6.07, 6.45) is -9.27. The number of carbonyl (C=O) groups is 1. The van der Waals surface area contributed by atoms with Gasteiger partial charge in [0.25, 0.3) is 0 Å². The summed E-state index contributed by atoms with van der Waals surface area (Å²) < 4.78 is 76.5. The molecule has 8 heteroatoms. The van der Waals surface area contributed by atoms with Crippen molar-refractivity contribution in [1.82, 2.24) is 0 Å². The number of Topliss-reactive ketones (excluding diaryl/α,β-unsaturated/α-hetero) is 1. The van der Waals surface area contributed by atoms with Gasteiger partial charge in [-0.15, -0.1) is 0 Å². The van der Waals surface area contributed by atoms with Crippen molar-refractivity contribution < 1.29 is 35.9 Å². The molecule has 21 heavy (non-hydrogen) atoms. The van der Waals surface area contributed by atoms with Gasteiger partial charge in [-0.05, 0) is 17.7 Å². The summed E-state index contributed by atoms with van der Waals surface area (Å²) in [5, 5.41) is 0. The fourth-order valence-electron chi connectivity index (χ4n) is 1.50. The zero-order valence-corrected chi connectivity index (χ0v) is 10.7. The van der Waals surface area contributed by atoms with Gasteiger partial charge in [0.15, 0.2) is 0 Å². The van der Waals surface area contributed by atoms with Crippen LogP contribution >= 0.6 is 0 Å². The highest BCUT2D eigenvalue weighted by atomic mass is 19.4. The van der Waals surface area contributed by atoms with E-state index in [9.17, 15) is 31.1 Å². The predicted molar refractivity (Wildman–Crippen MR) is 61.6 cm³/mol. The number of halogens is 6. The maximum absolute atomic E-state index is 12.3. The van der Waals surface area contributed by atoms with Crippen molar-refractivity contribution >= 4 is 5.78 Å². The number of hydrogen-bond acceptors (Lipinski definition) is 2. The maximum Gasteiger partial charge on any atom is 0.416 e. The molecule has 0 saturated heterocycles. The summed E-state index contributed by atoms with van der Waals surface area (Å²) in [6, 6.07) is 4.03. The molecule has 2 nitrogen and oxygen atoms in total. The van der Waals surface area contributed by atoms with Crippen molar-refractivity contribution in [2.24, 2.45) is 0 Å². The summed E-state index contributed by atoms with van der Waals surface area (Å²) >= 11 is 0. The molecule has 1 aromatic carbocycles. The Hall–Kier alpha value is -1.57. The van der Waals surface area contributed by atoms with E-state index in [1.807, 2.05) is 0 Å². The van der Waals surface area contributed by atoms with Crippen LogP contribution < -0.4 is 0 Å². The van der Waals surface area contributed by atoms with Gasteiger partial charge in [-0.25, -0.2) is 0 Å². The molecule has 0 bridgehead atoms. The Kier molecular flexibility index (Phi) is 5.77. The first-order valence-electron chi connectivity index (χ1n) is 5.90. The topological polar surface area (TPSA) is 26.3 Å². The SMILES string of the molecule is O=C(CCOCC(F)(F)F)Cc1ccc(C(F)(F)F)cc1. The van der Waals surface area contributed by atoms with E-state index in [-0.39, 0.29) is 19.4 Å². The van der Waals surface area contributed by atoms with Crippen LogP contribution in [-0.4, -0.2) is 25.2 Å². The molecule has 0 spiro atoms. The molecule has 0 aromatic heterocycles. The molecule has 118 valence electrons. The molecule has 0 radical (unpaired) electrons. The molecule has 0 unspecified atom stereocenters. The molecule has 0 heterocycles. The third kappa shape index (κ3) is 7.12. The average molecular weight is 314 g/mol. The Bertz CT molecular complexity index is 461. The van der Waals surface area contributed by atoms with E-state index >= 15 is 0 Å². The normalized spacial score (nSPS) is 12.5.